The minimum atomic E-state index is -0.609. The molecule has 0 saturated heterocycles. The smallest absolute Gasteiger partial charge is 0.0924 e. The van der Waals surface area contributed by atoms with Crippen LogP contribution in [-0.2, 0) is 0 Å². The van der Waals surface area contributed by atoms with Crippen molar-refractivity contribution in [3.63, 3.8) is 0 Å². The van der Waals surface area contributed by atoms with Gasteiger partial charge < -0.3 is 10.0 Å². The van der Waals surface area contributed by atoms with E-state index in [4.69, 9.17) is 16.6 Å². The highest BCUT2D eigenvalue weighted by atomic mass is 35.5. The first kappa shape index (κ1) is 21.5. The number of hydrogen-bond acceptors (Lipinski definition) is 3. The van der Waals surface area contributed by atoms with Gasteiger partial charge in [-0.1, -0.05) is 86.1 Å². The van der Waals surface area contributed by atoms with E-state index in [9.17, 15) is 5.11 Å². The van der Waals surface area contributed by atoms with Crippen molar-refractivity contribution in [3.8, 4) is 22.4 Å². The maximum Gasteiger partial charge on any atom is 0.0924 e. The van der Waals surface area contributed by atoms with Crippen LogP contribution in [0.15, 0.2) is 78.9 Å². The molecule has 0 aliphatic heterocycles. The summed E-state index contributed by atoms with van der Waals surface area (Å²) in [7, 11) is 0. The van der Waals surface area contributed by atoms with Gasteiger partial charge in [0.1, 0.15) is 0 Å². The number of fused-ring (bicyclic) bond motifs is 1. The summed E-state index contributed by atoms with van der Waals surface area (Å²) in [6.45, 7) is 6.62. The average molecular weight is 431 g/mol. The highest BCUT2D eigenvalue weighted by Crippen LogP contribution is 2.35. The lowest BCUT2D eigenvalue weighted by Gasteiger charge is -2.23. The second kappa shape index (κ2) is 9.61. The normalized spacial score (nSPS) is 12.4. The molecule has 0 radical (unpaired) electrons. The van der Waals surface area contributed by atoms with Crippen LogP contribution in [0.2, 0.25) is 5.02 Å². The molecule has 158 valence electrons. The van der Waals surface area contributed by atoms with Gasteiger partial charge in [-0.05, 0) is 42.4 Å². The van der Waals surface area contributed by atoms with Crippen LogP contribution < -0.4 is 0 Å². The molecule has 0 amide bonds. The summed E-state index contributed by atoms with van der Waals surface area (Å²) in [6.07, 6.45) is -0.609. The Hall–Kier alpha value is -2.72. The molecule has 0 unspecified atom stereocenters. The highest BCUT2D eigenvalue weighted by Gasteiger charge is 2.18. The monoisotopic (exact) mass is 430 g/mol. The topological polar surface area (TPSA) is 36.4 Å². The van der Waals surface area contributed by atoms with Crippen LogP contribution in [0.3, 0.4) is 0 Å². The SMILES string of the molecule is CCN(CC)C[C@H](O)c1cc(-c2ccc(Cl)cc2)nc2c(-c3ccccc3)cccc12. The molecule has 0 bridgehead atoms. The Labute approximate surface area is 188 Å². The van der Waals surface area contributed by atoms with Crippen LogP contribution in [-0.4, -0.2) is 34.6 Å². The largest absolute Gasteiger partial charge is 0.387 e. The van der Waals surface area contributed by atoms with Crippen molar-refractivity contribution >= 4 is 22.5 Å². The molecular weight excluding hydrogens is 404 g/mol. The Morgan fingerprint density at radius 1 is 0.871 bits per heavy atom. The van der Waals surface area contributed by atoms with Gasteiger partial charge in [-0.3, -0.25) is 0 Å². The zero-order chi connectivity index (χ0) is 21.8. The second-order valence-electron chi connectivity index (χ2n) is 7.67. The number of rotatable bonds is 7. The molecule has 4 rings (SSSR count). The standard InChI is InChI=1S/C27H27ClN2O/c1-3-30(4-2)18-26(31)24-17-25(20-13-15-21(28)16-14-20)29-27-22(11-8-12-23(24)27)19-9-6-5-7-10-19/h5-17,26,31H,3-4,18H2,1-2H3/t26-/m0/s1. The molecule has 1 N–H and O–H groups in total. The molecule has 3 nitrogen and oxygen atoms in total. The highest BCUT2D eigenvalue weighted by molar-refractivity contribution is 6.30. The van der Waals surface area contributed by atoms with Crippen LogP contribution in [0.1, 0.15) is 25.5 Å². The van der Waals surface area contributed by atoms with Crippen LogP contribution in [0.5, 0.6) is 0 Å². The van der Waals surface area contributed by atoms with E-state index < -0.39 is 6.10 Å². The Kier molecular flexibility index (Phi) is 6.67. The lowest BCUT2D eigenvalue weighted by atomic mass is 9.95. The molecule has 4 aromatic rings. The van der Waals surface area contributed by atoms with Gasteiger partial charge >= 0.3 is 0 Å². The molecule has 1 atom stereocenters. The maximum atomic E-state index is 11.2. The number of hydrogen-bond donors (Lipinski definition) is 1. The van der Waals surface area contributed by atoms with Crippen molar-refractivity contribution in [2.75, 3.05) is 19.6 Å². The summed E-state index contributed by atoms with van der Waals surface area (Å²) in [5.74, 6) is 0. The minimum absolute atomic E-state index is 0.585. The van der Waals surface area contributed by atoms with Gasteiger partial charge in [-0.25, -0.2) is 4.98 Å². The number of likely N-dealkylation sites (N-methyl/N-ethyl adjacent to an activating group) is 1. The van der Waals surface area contributed by atoms with Crippen molar-refractivity contribution in [1.29, 1.82) is 0 Å². The van der Waals surface area contributed by atoms with Gasteiger partial charge in [0, 0.05) is 28.1 Å². The number of pyridine rings is 1. The number of nitrogens with zero attached hydrogens (tertiary/aromatic N) is 2. The Morgan fingerprint density at radius 2 is 1.58 bits per heavy atom. The number of halogens is 1. The van der Waals surface area contributed by atoms with E-state index in [1.807, 2.05) is 54.6 Å². The van der Waals surface area contributed by atoms with Gasteiger partial charge in [0.05, 0.1) is 17.3 Å². The van der Waals surface area contributed by atoms with Crippen molar-refractivity contribution < 1.29 is 5.11 Å². The number of aromatic nitrogens is 1. The van der Waals surface area contributed by atoms with Crippen molar-refractivity contribution in [3.05, 3.63) is 89.4 Å². The lowest BCUT2D eigenvalue weighted by Crippen LogP contribution is -2.28. The quantitative estimate of drug-likeness (QED) is 0.359. The van der Waals surface area contributed by atoms with E-state index in [-0.39, 0.29) is 0 Å². The third-order valence-electron chi connectivity index (χ3n) is 5.78. The molecule has 0 aliphatic rings. The van der Waals surface area contributed by atoms with E-state index in [0.717, 1.165) is 51.9 Å². The van der Waals surface area contributed by atoms with Crippen molar-refractivity contribution in [1.82, 2.24) is 9.88 Å². The van der Waals surface area contributed by atoms with Crippen molar-refractivity contribution in [2.45, 2.75) is 20.0 Å². The maximum absolute atomic E-state index is 11.2. The number of aliphatic hydroxyl groups excluding tert-OH is 1. The molecule has 3 aromatic carbocycles. The fraction of sp³-hybridized carbons (Fsp3) is 0.222. The van der Waals surface area contributed by atoms with E-state index >= 15 is 0 Å². The van der Waals surface area contributed by atoms with Crippen LogP contribution in [0.4, 0.5) is 0 Å². The van der Waals surface area contributed by atoms with E-state index in [0.29, 0.717) is 11.6 Å². The summed E-state index contributed by atoms with van der Waals surface area (Å²) in [5.41, 5.74) is 5.78. The van der Waals surface area contributed by atoms with Crippen LogP contribution in [0, 0.1) is 0 Å². The Morgan fingerprint density at radius 3 is 2.26 bits per heavy atom. The summed E-state index contributed by atoms with van der Waals surface area (Å²) in [4.78, 5) is 7.28. The first-order chi connectivity index (χ1) is 15.1. The van der Waals surface area contributed by atoms with Crippen molar-refractivity contribution in [2.24, 2.45) is 0 Å². The van der Waals surface area contributed by atoms with Gasteiger partial charge in [0.25, 0.3) is 0 Å². The van der Waals surface area contributed by atoms with E-state index in [1.165, 1.54) is 0 Å². The molecule has 0 fully saturated rings. The molecule has 0 saturated carbocycles. The Balaban J connectivity index is 1.93. The number of aliphatic hydroxyl groups is 1. The van der Waals surface area contributed by atoms with Crippen LogP contribution >= 0.6 is 11.6 Å². The predicted octanol–water partition coefficient (Wildman–Crippen LogP) is 6.60. The van der Waals surface area contributed by atoms with Gasteiger partial charge in [0.2, 0.25) is 0 Å². The van der Waals surface area contributed by atoms with E-state index in [1.54, 1.807) is 0 Å². The molecule has 4 heteroatoms. The fourth-order valence-electron chi connectivity index (χ4n) is 3.99. The molecule has 0 aliphatic carbocycles. The minimum Gasteiger partial charge on any atom is -0.387 e. The summed E-state index contributed by atoms with van der Waals surface area (Å²) in [6, 6.07) is 26.2. The molecule has 0 spiro atoms. The molecule has 1 aromatic heterocycles. The number of para-hydroxylation sites is 1. The lowest BCUT2D eigenvalue weighted by molar-refractivity contribution is 0.120. The molecule has 31 heavy (non-hydrogen) atoms. The zero-order valence-corrected chi connectivity index (χ0v) is 18.7. The summed E-state index contributed by atoms with van der Waals surface area (Å²) >= 11 is 6.10. The third-order valence-corrected chi connectivity index (χ3v) is 6.03. The first-order valence-corrected chi connectivity index (χ1v) is 11.1. The number of benzene rings is 3. The Bertz CT molecular complexity index is 1160. The van der Waals surface area contributed by atoms with Gasteiger partial charge in [0.15, 0.2) is 0 Å². The fourth-order valence-corrected chi connectivity index (χ4v) is 4.12. The first-order valence-electron chi connectivity index (χ1n) is 10.8. The van der Waals surface area contributed by atoms with E-state index in [2.05, 4.69) is 43.0 Å². The van der Waals surface area contributed by atoms with Crippen LogP contribution in [0.25, 0.3) is 33.3 Å². The zero-order valence-electron chi connectivity index (χ0n) is 17.9. The third kappa shape index (κ3) is 4.64. The average Bonchev–Trinajstić information content (AvgIpc) is 2.82. The summed E-state index contributed by atoms with van der Waals surface area (Å²) in [5, 5.41) is 12.9. The predicted molar refractivity (Wildman–Crippen MR) is 130 cm³/mol. The summed E-state index contributed by atoms with van der Waals surface area (Å²) < 4.78 is 0. The van der Waals surface area contributed by atoms with Gasteiger partial charge in [-0.15, -0.1) is 0 Å². The second-order valence-corrected chi connectivity index (χ2v) is 8.11. The molecule has 1 heterocycles. The molecular formula is C27H27ClN2O. The van der Waals surface area contributed by atoms with Gasteiger partial charge in [-0.2, -0.15) is 0 Å².